The fourth-order valence-corrected chi connectivity index (χ4v) is 4.05. The molecule has 0 spiro atoms. The number of nitrogens with zero attached hydrogens (tertiary/aromatic N) is 1. The van der Waals surface area contributed by atoms with Gasteiger partial charge in [-0.3, -0.25) is 0 Å². The summed E-state index contributed by atoms with van der Waals surface area (Å²) in [5, 5.41) is 1.03. The molecular weight excluding hydrogens is 354 g/mol. The molecule has 3 rings (SSSR count). The number of fused-ring (bicyclic) bond motifs is 1. The van der Waals surface area contributed by atoms with Crippen LogP contribution in [0.5, 0.6) is 11.5 Å². The summed E-state index contributed by atoms with van der Waals surface area (Å²) in [5.74, 6) is 1.84. The lowest BCUT2D eigenvalue weighted by molar-refractivity contribution is 0.304. The molecule has 0 saturated carbocycles. The topological polar surface area (TPSA) is 31.4 Å². The first-order chi connectivity index (χ1) is 13.3. The molecule has 1 aromatic heterocycles. The fraction of sp³-hybridized carbons (Fsp3) is 0.435. The van der Waals surface area contributed by atoms with Crippen molar-refractivity contribution in [2.24, 2.45) is 0 Å². The van der Waals surface area contributed by atoms with Crippen molar-refractivity contribution in [3.63, 3.8) is 0 Å². The Morgan fingerprint density at radius 3 is 2.33 bits per heavy atom. The Hall–Kier alpha value is -2.07. The molecule has 0 aliphatic heterocycles. The van der Waals surface area contributed by atoms with E-state index in [4.69, 9.17) is 14.5 Å². The molecule has 0 amide bonds. The minimum Gasteiger partial charge on any atom is -0.494 e. The van der Waals surface area contributed by atoms with Gasteiger partial charge in [-0.2, -0.15) is 0 Å². The molecule has 2 aromatic carbocycles. The Bertz CT molecular complexity index is 826. The smallest absolute Gasteiger partial charge is 0.124 e. The summed E-state index contributed by atoms with van der Waals surface area (Å²) < 4.78 is 12.6. The lowest BCUT2D eigenvalue weighted by Gasteiger charge is -2.06. The Labute approximate surface area is 166 Å². The number of ether oxygens (including phenoxy) is 2. The van der Waals surface area contributed by atoms with Crippen molar-refractivity contribution in [1.29, 1.82) is 0 Å². The van der Waals surface area contributed by atoms with Gasteiger partial charge in [-0.15, -0.1) is 11.3 Å². The van der Waals surface area contributed by atoms with Crippen molar-refractivity contribution in [3.05, 3.63) is 42.5 Å². The van der Waals surface area contributed by atoms with Crippen LogP contribution in [0.4, 0.5) is 0 Å². The molecule has 0 aliphatic rings. The van der Waals surface area contributed by atoms with Gasteiger partial charge in [0.25, 0.3) is 0 Å². The van der Waals surface area contributed by atoms with Gasteiger partial charge >= 0.3 is 0 Å². The van der Waals surface area contributed by atoms with Crippen LogP contribution < -0.4 is 9.47 Å². The second-order valence-electron chi connectivity index (χ2n) is 6.72. The van der Waals surface area contributed by atoms with Gasteiger partial charge < -0.3 is 9.47 Å². The van der Waals surface area contributed by atoms with Gasteiger partial charge in [0.05, 0.1) is 23.4 Å². The molecular formula is C23H29NO2S. The van der Waals surface area contributed by atoms with Crippen LogP contribution in [-0.4, -0.2) is 18.2 Å². The summed E-state index contributed by atoms with van der Waals surface area (Å²) in [4.78, 5) is 4.75. The standard InChI is InChI=1S/C23H29NO2S/c1-3-5-6-7-8-9-16-26-19-12-10-18(11-13-19)23-24-21-15-14-20(25-4-2)17-22(21)27-23/h10-15,17H,3-9,16H2,1-2H3. The Morgan fingerprint density at radius 2 is 1.56 bits per heavy atom. The van der Waals surface area contributed by atoms with Crippen LogP contribution >= 0.6 is 11.3 Å². The summed E-state index contributed by atoms with van der Waals surface area (Å²) in [6.45, 7) is 5.72. The van der Waals surface area contributed by atoms with E-state index in [1.54, 1.807) is 11.3 Å². The lowest BCUT2D eigenvalue weighted by Crippen LogP contribution is -1.97. The van der Waals surface area contributed by atoms with Gasteiger partial charge in [-0.1, -0.05) is 39.0 Å². The number of benzene rings is 2. The highest BCUT2D eigenvalue weighted by Gasteiger charge is 2.08. The van der Waals surface area contributed by atoms with Crippen molar-refractivity contribution in [2.45, 2.75) is 52.4 Å². The first-order valence-electron chi connectivity index (χ1n) is 10.1. The van der Waals surface area contributed by atoms with E-state index in [1.807, 2.05) is 31.2 Å². The van der Waals surface area contributed by atoms with Gasteiger partial charge in [0, 0.05) is 5.56 Å². The maximum atomic E-state index is 5.87. The first-order valence-corrected chi connectivity index (χ1v) is 10.9. The highest BCUT2D eigenvalue weighted by Crippen LogP contribution is 2.33. The van der Waals surface area contributed by atoms with E-state index in [2.05, 4.69) is 25.1 Å². The zero-order valence-electron chi connectivity index (χ0n) is 16.4. The number of aromatic nitrogens is 1. The van der Waals surface area contributed by atoms with E-state index < -0.39 is 0 Å². The maximum absolute atomic E-state index is 5.87. The summed E-state index contributed by atoms with van der Waals surface area (Å²) in [7, 11) is 0. The SMILES string of the molecule is CCCCCCCCOc1ccc(-c2nc3ccc(OCC)cc3s2)cc1. The molecule has 0 aliphatic carbocycles. The number of hydrogen-bond acceptors (Lipinski definition) is 4. The fourth-order valence-electron chi connectivity index (χ4n) is 3.05. The maximum Gasteiger partial charge on any atom is 0.124 e. The minimum atomic E-state index is 0.678. The molecule has 3 nitrogen and oxygen atoms in total. The highest BCUT2D eigenvalue weighted by atomic mass is 32.1. The molecule has 144 valence electrons. The minimum absolute atomic E-state index is 0.678. The van der Waals surface area contributed by atoms with E-state index in [0.29, 0.717) is 6.61 Å². The van der Waals surface area contributed by atoms with Crippen molar-refractivity contribution < 1.29 is 9.47 Å². The summed E-state index contributed by atoms with van der Waals surface area (Å²) >= 11 is 1.70. The van der Waals surface area contributed by atoms with E-state index in [1.165, 1.54) is 32.1 Å². The van der Waals surface area contributed by atoms with Gasteiger partial charge in [0.15, 0.2) is 0 Å². The molecule has 1 heterocycles. The Balaban J connectivity index is 1.54. The van der Waals surface area contributed by atoms with E-state index >= 15 is 0 Å². The molecule has 0 bridgehead atoms. The van der Waals surface area contributed by atoms with Crippen LogP contribution in [0.2, 0.25) is 0 Å². The third-order valence-electron chi connectivity index (χ3n) is 4.54. The Morgan fingerprint density at radius 1 is 0.815 bits per heavy atom. The molecule has 3 aromatic rings. The van der Waals surface area contributed by atoms with Crippen molar-refractivity contribution in [2.75, 3.05) is 13.2 Å². The molecule has 0 fully saturated rings. The second-order valence-corrected chi connectivity index (χ2v) is 7.75. The first kappa shape index (κ1) is 19.7. The van der Waals surface area contributed by atoms with Gasteiger partial charge in [-0.25, -0.2) is 4.98 Å². The summed E-state index contributed by atoms with van der Waals surface area (Å²) in [6.07, 6.45) is 7.70. The average Bonchev–Trinajstić information content (AvgIpc) is 3.11. The predicted octanol–water partition coefficient (Wildman–Crippen LogP) is 7.10. The van der Waals surface area contributed by atoms with Crippen LogP contribution in [0.25, 0.3) is 20.8 Å². The largest absolute Gasteiger partial charge is 0.494 e. The van der Waals surface area contributed by atoms with Crippen LogP contribution in [0.1, 0.15) is 52.4 Å². The Kier molecular flexibility index (Phi) is 7.52. The third-order valence-corrected chi connectivity index (χ3v) is 5.61. The normalized spacial score (nSPS) is 11.0. The molecule has 0 atom stereocenters. The molecule has 4 heteroatoms. The van der Waals surface area contributed by atoms with Crippen LogP contribution in [0, 0.1) is 0 Å². The third kappa shape index (κ3) is 5.70. The van der Waals surface area contributed by atoms with Crippen LogP contribution in [0.15, 0.2) is 42.5 Å². The van der Waals surface area contributed by atoms with Gasteiger partial charge in [0.1, 0.15) is 16.5 Å². The van der Waals surface area contributed by atoms with E-state index in [9.17, 15) is 0 Å². The molecule has 27 heavy (non-hydrogen) atoms. The summed E-state index contributed by atoms with van der Waals surface area (Å²) in [6, 6.07) is 14.4. The molecule has 0 N–H and O–H groups in total. The quantitative estimate of drug-likeness (QED) is 0.331. The monoisotopic (exact) mass is 383 g/mol. The van der Waals surface area contributed by atoms with Gasteiger partial charge in [0.2, 0.25) is 0 Å². The zero-order chi connectivity index (χ0) is 18.9. The number of hydrogen-bond donors (Lipinski definition) is 0. The molecule has 0 radical (unpaired) electrons. The van der Waals surface area contributed by atoms with E-state index in [0.717, 1.165) is 45.3 Å². The average molecular weight is 384 g/mol. The lowest BCUT2D eigenvalue weighted by atomic mass is 10.1. The summed E-state index contributed by atoms with van der Waals surface area (Å²) in [5.41, 5.74) is 2.14. The zero-order valence-corrected chi connectivity index (χ0v) is 17.2. The molecule has 0 saturated heterocycles. The van der Waals surface area contributed by atoms with Crippen LogP contribution in [0.3, 0.4) is 0 Å². The highest BCUT2D eigenvalue weighted by molar-refractivity contribution is 7.21. The van der Waals surface area contributed by atoms with E-state index in [-0.39, 0.29) is 0 Å². The second kappa shape index (κ2) is 10.3. The van der Waals surface area contributed by atoms with Crippen molar-refractivity contribution in [1.82, 2.24) is 4.98 Å². The number of unbranched alkanes of at least 4 members (excludes halogenated alkanes) is 5. The number of rotatable bonds is 11. The van der Waals surface area contributed by atoms with Crippen molar-refractivity contribution in [3.8, 4) is 22.1 Å². The van der Waals surface area contributed by atoms with Gasteiger partial charge in [-0.05, 0) is 55.8 Å². The van der Waals surface area contributed by atoms with Crippen molar-refractivity contribution >= 4 is 21.6 Å². The molecule has 0 unspecified atom stereocenters. The predicted molar refractivity (Wildman–Crippen MR) is 115 cm³/mol. The number of thiazole rings is 1. The van der Waals surface area contributed by atoms with Crippen LogP contribution in [-0.2, 0) is 0 Å².